The van der Waals surface area contributed by atoms with Crippen molar-refractivity contribution < 1.29 is 14.1 Å². The number of carbonyl (C=O) groups is 2. The fourth-order valence-electron chi connectivity index (χ4n) is 4.30. The quantitative estimate of drug-likeness (QED) is 0.654. The molecule has 3 amide bonds. The largest absolute Gasteiger partial charge is 0.361 e. The van der Waals surface area contributed by atoms with Gasteiger partial charge in [0.1, 0.15) is 5.76 Å². The highest BCUT2D eigenvalue weighted by molar-refractivity contribution is 5.80. The van der Waals surface area contributed by atoms with Crippen LogP contribution in [0.25, 0.3) is 0 Å². The van der Waals surface area contributed by atoms with Crippen LogP contribution < -0.4 is 5.32 Å². The van der Waals surface area contributed by atoms with E-state index in [1.807, 2.05) is 23.6 Å². The Kier molecular flexibility index (Phi) is 8.54. The molecule has 0 unspecified atom stereocenters. The first-order chi connectivity index (χ1) is 14.5. The van der Waals surface area contributed by atoms with Crippen molar-refractivity contribution in [1.29, 1.82) is 0 Å². The first kappa shape index (κ1) is 22.6. The molecule has 0 spiro atoms. The number of rotatable bonds is 8. The number of carbonyl (C=O) groups excluding carboxylic acids is 2. The molecule has 8 nitrogen and oxygen atoms in total. The number of nitrogens with zero attached hydrogens (tertiary/aromatic N) is 4. The van der Waals surface area contributed by atoms with Crippen LogP contribution in [-0.4, -0.2) is 84.2 Å². The molecular weight excluding hydrogens is 382 g/mol. The summed E-state index contributed by atoms with van der Waals surface area (Å²) in [7, 11) is 0. The van der Waals surface area contributed by atoms with Crippen LogP contribution in [0.2, 0.25) is 0 Å². The van der Waals surface area contributed by atoms with E-state index in [0.29, 0.717) is 38.4 Å². The lowest BCUT2D eigenvalue weighted by Gasteiger charge is -2.34. The maximum Gasteiger partial charge on any atom is 0.317 e. The van der Waals surface area contributed by atoms with Crippen molar-refractivity contribution in [3.8, 4) is 0 Å². The molecule has 8 heteroatoms. The fourth-order valence-corrected chi connectivity index (χ4v) is 4.30. The third-order valence-corrected chi connectivity index (χ3v) is 6.30. The van der Waals surface area contributed by atoms with E-state index in [1.165, 1.54) is 45.3 Å². The molecule has 0 atom stereocenters. The molecule has 0 aliphatic carbocycles. The summed E-state index contributed by atoms with van der Waals surface area (Å²) in [6, 6.07) is -0.0103. The normalized spacial score (nSPS) is 17.9. The molecule has 1 aromatic heterocycles. The fraction of sp³-hybridized carbons (Fsp3) is 0.773. The van der Waals surface area contributed by atoms with Crippen LogP contribution in [0.3, 0.4) is 0 Å². The van der Waals surface area contributed by atoms with E-state index in [9.17, 15) is 9.59 Å². The molecule has 0 aromatic carbocycles. The zero-order chi connectivity index (χ0) is 21.3. The second kappa shape index (κ2) is 11.3. The Morgan fingerprint density at radius 2 is 1.63 bits per heavy atom. The van der Waals surface area contributed by atoms with Crippen molar-refractivity contribution >= 4 is 11.9 Å². The van der Waals surface area contributed by atoms with Gasteiger partial charge in [-0.2, -0.15) is 0 Å². The summed E-state index contributed by atoms with van der Waals surface area (Å²) in [6.45, 7) is 10.4. The Bertz CT molecular complexity index is 671. The van der Waals surface area contributed by atoms with Crippen LogP contribution in [0.15, 0.2) is 4.52 Å². The van der Waals surface area contributed by atoms with Crippen LogP contribution in [0.5, 0.6) is 0 Å². The van der Waals surface area contributed by atoms with Gasteiger partial charge in [0.15, 0.2) is 0 Å². The number of hydrogen-bond acceptors (Lipinski definition) is 5. The lowest BCUT2D eigenvalue weighted by Crippen LogP contribution is -2.53. The molecule has 0 bridgehead atoms. The molecule has 2 aliphatic rings. The first-order valence-corrected chi connectivity index (χ1v) is 11.5. The molecule has 30 heavy (non-hydrogen) atoms. The molecule has 0 saturated carbocycles. The minimum atomic E-state index is -0.0103. The SMILES string of the molecule is Cc1noc(C)c1CC(=O)N1CCN(C(=O)NCCCCCN2CCCCC2)CC1. The summed E-state index contributed by atoms with van der Waals surface area (Å²) in [6.07, 6.45) is 7.76. The number of urea groups is 1. The van der Waals surface area contributed by atoms with Crippen molar-refractivity contribution in [2.75, 3.05) is 52.4 Å². The Labute approximate surface area is 179 Å². The molecule has 3 heterocycles. The second-order valence-corrected chi connectivity index (χ2v) is 8.54. The third kappa shape index (κ3) is 6.45. The van der Waals surface area contributed by atoms with Crippen molar-refractivity contribution in [2.45, 2.75) is 58.8 Å². The van der Waals surface area contributed by atoms with Crippen LogP contribution in [0.1, 0.15) is 55.5 Å². The minimum absolute atomic E-state index is 0.0103. The Balaban J connectivity index is 1.27. The molecule has 3 rings (SSSR count). The number of hydrogen-bond donors (Lipinski definition) is 1. The first-order valence-electron chi connectivity index (χ1n) is 11.5. The van der Waals surface area contributed by atoms with Crippen LogP contribution in [-0.2, 0) is 11.2 Å². The van der Waals surface area contributed by atoms with Gasteiger partial charge in [-0.3, -0.25) is 4.79 Å². The van der Waals surface area contributed by atoms with E-state index in [4.69, 9.17) is 4.52 Å². The molecule has 1 aromatic rings. The predicted octanol–water partition coefficient (Wildman–Crippen LogP) is 2.34. The van der Waals surface area contributed by atoms with Gasteiger partial charge >= 0.3 is 6.03 Å². The molecule has 2 fully saturated rings. The average molecular weight is 420 g/mol. The van der Waals surface area contributed by atoms with Crippen LogP contribution in [0.4, 0.5) is 4.79 Å². The summed E-state index contributed by atoms with van der Waals surface area (Å²) >= 11 is 0. The molecule has 0 radical (unpaired) electrons. The van der Waals surface area contributed by atoms with E-state index in [1.54, 1.807) is 0 Å². The zero-order valence-corrected chi connectivity index (χ0v) is 18.6. The van der Waals surface area contributed by atoms with E-state index >= 15 is 0 Å². The van der Waals surface area contributed by atoms with Crippen molar-refractivity contribution in [1.82, 2.24) is 25.2 Å². The Morgan fingerprint density at radius 3 is 2.30 bits per heavy atom. The van der Waals surface area contributed by atoms with Crippen molar-refractivity contribution in [2.24, 2.45) is 0 Å². The summed E-state index contributed by atoms with van der Waals surface area (Å²) in [5, 5.41) is 6.95. The molecular formula is C22H37N5O3. The Hall–Kier alpha value is -2.09. The van der Waals surface area contributed by atoms with Gasteiger partial charge in [-0.25, -0.2) is 4.79 Å². The van der Waals surface area contributed by atoms with Gasteiger partial charge in [0, 0.05) is 38.3 Å². The predicted molar refractivity (Wildman–Crippen MR) is 115 cm³/mol. The number of unbranched alkanes of at least 4 members (excludes halogenated alkanes) is 2. The number of amides is 3. The maximum atomic E-state index is 12.6. The van der Waals surface area contributed by atoms with Crippen LogP contribution in [0, 0.1) is 13.8 Å². The highest BCUT2D eigenvalue weighted by Gasteiger charge is 2.25. The van der Waals surface area contributed by atoms with Gasteiger partial charge in [-0.05, 0) is 59.2 Å². The Morgan fingerprint density at radius 1 is 0.933 bits per heavy atom. The highest BCUT2D eigenvalue weighted by Crippen LogP contribution is 2.15. The van der Waals surface area contributed by atoms with E-state index in [-0.39, 0.29) is 11.9 Å². The van der Waals surface area contributed by atoms with E-state index < -0.39 is 0 Å². The number of nitrogens with one attached hydrogen (secondary N) is 1. The number of piperazine rings is 1. The lowest BCUT2D eigenvalue weighted by molar-refractivity contribution is -0.131. The van der Waals surface area contributed by atoms with Crippen molar-refractivity contribution in [3.05, 3.63) is 17.0 Å². The summed E-state index contributed by atoms with van der Waals surface area (Å²) in [4.78, 5) is 31.2. The van der Waals surface area contributed by atoms with Gasteiger partial charge in [0.2, 0.25) is 5.91 Å². The van der Waals surface area contributed by atoms with Gasteiger partial charge < -0.3 is 24.5 Å². The standard InChI is InChI=1S/C22H37N5O3/c1-18-20(19(2)30-24-18)17-21(28)26-13-15-27(16-14-26)22(29)23-9-5-3-6-10-25-11-7-4-8-12-25/h3-17H2,1-2H3,(H,23,29). The zero-order valence-electron chi connectivity index (χ0n) is 18.6. The minimum Gasteiger partial charge on any atom is -0.361 e. The van der Waals surface area contributed by atoms with E-state index in [0.717, 1.165) is 30.6 Å². The third-order valence-electron chi connectivity index (χ3n) is 6.30. The highest BCUT2D eigenvalue weighted by atomic mass is 16.5. The van der Waals surface area contributed by atoms with E-state index in [2.05, 4.69) is 15.4 Å². The number of likely N-dealkylation sites (tertiary alicyclic amines) is 1. The van der Waals surface area contributed by atoms with Gasteiger partial charge in [0.25, 0.3) is 0 Å². The van der Waals surface area contributed by atoms with Crippen LogP contribution >= 0.6 is 0 Å². The number of aromatic nitrogens is 1. The summed E-state index contributed by atoms with van der Waals surface area (Å²) in [5.74, 6) is 0.771. The van der Waals surface area contributed by atoms with Gasteiger partial charge in [-0.15, -0.1) is 0 Å². The number of piperidine rings is 1. The summed E-state index contributed by atoms with van der Waals surface area (Å²) < 4.78 is 5.14. The van der Waals surface area contributed by atoms with Gasteiger partial charge in [-0.1, -0.05) is 18.0 Å². The maximum absolute atomic E-state index is 12.6. The monoisotopic (exact) mass is 419 g/mol. The summed E-state index contributed by atoms with van der Waals surface area (Å²) in [5.41, 5.74) is 1.65. The molecule has 168 valence electrons. The molecule has 2 aliphatic heterocycles. The lowest BCUT2D eigenvalue weighted by atomic mass is 10.1. The average Bonchev–Trinajstić information content (AvgIpc) is 3.08. The second-order valence-electron chi connectivity index (χ2n) is 8.54. The molecule has 1 N–H and O–H groups in total. The smallest absolute Gasteiger partial charge is 0.317 e. The number of aryl methyl sites for hydroxylation is 2. The topological polar surface area (TPSA) is 81.9 Å². The molecule has 2 saturated heterocycles. The van der Waals surface area contributed by atoms with Gasteiger partial charge in [0.05, 0.1) is 12.1 Å². The van der Waals surface area contributed by atoms with Crippen molar-refractivity contribution in [3.63, 3.8) is 0 Å².